The summed E-state index contributed by atoms with van der Waals surface area (Å²) in [4.78, 5) is 22.9. The number of ether oxygens (including phenoxy) is 1. The minimum absolute atomic E-state index is 0.148. The lowest BCUT2D eigenvalue weighted by molar-refractivity contribution is 0.0524. The highest BCUT2D eigenvalue weighted by molar-refractivity contribution is 14.1. The van der Waals surface area contributed by atoms with Crippen LogP contribution >= 0.6 is 67.8 Å². The quantitative estimate of drug-likeness (QED) is 0.447. The number of aromatic carboxylic acids is 1. The van der Waals surface area contributed by atoms with E-state index in [1.165, 1.54) is 0 Å². The SMILES string of the molecule is CCOC(=O)c1c(I)cc(I)c(C(=O)O)c1I. The van der Waals surface area contributed by atoms with Gasteiger partial charge in [0.05, 0.1) is 17.7 Å². The fourth-order valence-corrected chi connectivity index (χ4v) is 5.45. The van der Waals surface area contributed by atoms with E-state index in [2.05, 4.69) is 0 Å². The van der Waals surface area contributed by atoms with Gasteiger partial charge in [-0.05, 0) is 80.8 Å². The molecule has 7 heteroatoms. The number of halogens is 3. The van der Waals surface area contributed by atoms with Crippen LogP contribution in [0.2, 0.25) is 0 Å². The first-order valence-corrected chi connectivity index (χ1v) is 7.71. The lowest BCUT2D eigenvalue weighted by Crippen LogP contribution is -2.14. The molecule has 0 amide bonds. The average Bonchev–Trinajstić information content (AvgIpc) is 2.15. The minimum Gasteiger partial charge on any atom is -0.478 e. The van der Waals surface area contributed by atoms with Gasteiger partial charge < -0.3 is 9.84 Å². The van der Waals surface area contributed by atoms with Crippen molar-refractivity contribution in [1.82, 2.24) is 0 Å². The number of carbonyl (C=O) groups excluding carboxylic acids is 1. The molecule has 0 saturated carbocycles. The number of carboxylic acid groups (broad SMARTS) is 1. The second-order valence-electron chi connectivity index (χ2n) is 2.93. The monoisotopic (exact) mass is 572 g/mol. The van der Waals surface area contributed by atoms with Gasteiger partial charge in [0, 0.05) is 10.7 Å². The summed E-state index contributed by atoms with van der Waals surface area (Å²) in [6, 6.07) is 1.67. The Bertz CT molecular complexity index is 485. The largest absolute Gasteiger partial charge is 0.478 e. The Kier molecular flexibility index (Phi) is 5.89. The van der Waals surface area contributed by atoms with Gasteiger partial charge >= 0.3 is 11.9 Å². The Morgan fingerprint density at radius 3 is 2.24 bits per heavy atom. The molecule has 0 radical (unpaired) electrons. The second kappa shape index (κ2) is 6.50. The van der Waals surface area contributed by atoms with Crippen LogP contribution in [0, 0.1) is 10.7 Å². The third kappa shape index (κ3) is 3.43. The first-order chi connectivity index (χ1) is 7.90. The molecule has 0 atom stereocenters. The summed E-state index contributed by atoms with van der Waals surface area (Å²) in [6.07, 6.45) is 0. The highest BCUT2D eigenvalue weighted by Gasteiger charge is 2.23. The van der Waals surface area contributed by atoms with E-state index in [0.717, 1.165) is 0 Å². The fourth-order valence-electron chi connectivity index (χ4n) is 1.18. The van der Waals surface area contributed by atoms with Gasteiger partial charge in [0.25, 0.3) is 0 Å². The summed E-state index contributed by atoms with van der Waals surface area (Å²) in [7, 11) is 0. The van der Waals surface area contributed by atoms with E-state index in [1.54, 1.807) is 13.0 Å². The Morgan fingerprint density at radius 2 is 1.76 bits per heavy atom. The zero-order valence-electron chi connectivity index (χ0n) is 8.59. The number of benzene rings is 1. The van der Waals surface area contributed by atoms with Crippen molar-refractivity contribution in [2.75, 3.05) is 6.61 Å². The number of rotatable bonds is 3. The fraction of sp³-hybridized carbons (Fsp3) is 0.200. The molecule has 0 saturated heterocycles. The summed E-state index contributed by atoms with van der Waals surface area (Å²) in [5, 5.41) is 9.11. The van der Waals surface area contributed by atoms with Crippen LogP contribution in [0.4, 0.5) is 0 Å². The third-order valence-electron chi connectivity index (χ3n) is 1.86. The second-order valence-corrected chi connectivity index (χ2v) is 6.33. The van der Waals surface area contributed by atoms with Gasteiger partial charge in [-0.15, -0.1) is 0 Å². The first-order valence-electron chi connectivity index (χ1n) is 4.48. The van der Waals surface area contributed by atoms with Crippen molar-refractivity contribution in [3.8, 4) is 0 Å². The lowest BCUT2D eigenvalue weighted by atomic mass is 10.1. The first kappa shape index (κ1) is 15.4. The number of hydrogen-bond acceptors (Lipinski definition) is 3. The Morgan fingerprint density at radius 1 is 1.24 bits per heavy atom. The van der Waals surface area contributed by atoms with Crippen molar-refractivity contribution in [3.05, 3.63) is 27.9 Å². The summed E-state index contributed by atoms with van der Waals surface area (Å²) >= 11 is 5.82. The molecule has 0 heterocycles. The van der Waals surface area contributed by atoms with E-state index in [9.17, 15) is 9.59 Å². The van der Waals surface area contributed by atoms with E-state index in [-0.39, 0.29) is 12.2 Å². The zero-order valence-corrected chi connectivity index (χ0v) is 15.1. The highest BCUT2D eigenvalue weighted by Crippen LogP contribution is 2.28. The predicted octanol–water partition coefficient (Wildman–Crippen LogP) is 3.38. The maximum absolute atomic E-state index is 11.7. The van der Waals surface area contributed by atoms with Crippen LogP contribution in [0.1, 0.15) is 27.6 Å². The van der Waals surface area contributed by atoms with Crippen LogP contribution in [0.3, 0.4) is 0 Å². The van der Waals surface area contributed by atoms with Gasteiger partial charge in [0.1, 0.15) is 0 Å². The molecule has 0 bridgehead atoms. The third-order valence-corrected chi connectivity index (χ3v) is 4.64. The van der Waals surface area contributed by atoms with Crippen LogP contribution < -0.4 is 0 Å². The van der Waals surface area contributed by atoms with Gasteiger partial charge in [0.15, 0.2) is 0 Å². The van der Waals surface area contributed by atoms with Crippen LogP contribution in [0.5, 0.6) is 0 Å². The highest BCUT2D eigenvalue weighted by atomic mass is 127. The van der Waals surface area contributed by atoms with E-state index in [4.69, 9.17) is 9.84 Å². The van der Waals surface area contributed by atoms with E-state index < -0.39 is 11.9 Å². The molecule has 0 spiro atoms. The molecule has 1 N–H and O–H groups in total. The Balaban J connectivity index is 3.46. The van der Waals surface area contributed by atoms with Crippen molar-refractivity contribution in [3.63, 3.8) is 0 Å². The van der Waals surface area contributed by atoms with Crippen LogP contribution in [0.25, 0.3) is 0 Å². The molecule has 17 heavy (non-hydrogen) atoms. The summed E-state index contributed by atoms with van der Waals surface area (Å²) in [5.41, 5.74) is 0.473. The topological polar surface area (TPSA) is 63.6 Å². The molecule has 0 aromatic heterocycles. The van der Waals surface area contributed by atoms with Gasteiger partial charge in [-0.2, -0.15) is 0 Å². The van der Waals surface area contributed by atoms with Crippen molar-refractivity contribution in [2.24, 2.45) is 0 Å². The normalized spacial score (nSPS) is 10.1. The van der Waals surface area contributed by atoms with Crippen molar-refractivity contribution in [2.45, 2.75) is 6.92 Å². The molecular formula is C10H7I3O4. The van der Waals surface area contributed by atoms with Gasteiger partial charge in [-0.1, -0.05) is 0 Å². The molecule has 4 nitrogen and oxygen atoms in total. The summed E-state index contributed by atoms with van der Waals surface area (Å²) in [5.74, 6) is -1.53. The van der Waals surface area contributed by atoms with Crippen molar-refractivity contribution in [1.29, 1.82) is 0 Å². The Labute approximate surface area is 139 Å². The molecule has 0 aliphatic heterocycles. The Hall–Kier alpha value is 0.350. The molecule has 1 aromatic rings. The van der Waals surface area contributed by atoms with Crippen molar-refractivity contribution < 1.29 is 19.4 Å². The number of carboxylic acids is 1. The molecule has 92 valence electrons. The van der Waals surface area contributed by atoms with Crippen LogP contribution in [0.15, 0.2) is 6.07 Å². The zero-order chi connectivity index (χ0) is 13.2. The molecule has 1 aromatic carbocycles. The summed E-state index contributed by atoms with van der Waals surface area (Å²) in [6.45, 7) is 1.97. The smallest absolute Gasteiger partial charge is 0.340 e. The maximum atomic E-state index is 11.7. The molecule has 0 fully saturated rings. The summed E-state index contributed by atoms with van der Waals surface area (Å²) < 4.78 is 6.64. The number of hydrogen-bond donors (Lipinski definition) is 1. The molecule has 1 rings (SSSR count). The molecular weight excluding hydrogens is 565 g/mol. The van der Waals surface area contributed by atoms with Gasteiger partial charge in [-0.3, -0.25) is 0 Å². The standard InChI is InChI=1S/C10H7I3O4/c1-2-17-10(16)7-5(12)3-4(11)6(8(7)13)9(14)15/h3H,2H2,1H3,(H,14,15). The number of carbonyl (C=O) groups is 2. The van der Waals surface area contributed by atoms with E-state index in [1.807, 2.05) is 67.8 Å². The minimum atomic E-state index is -1.04. The van der Waals surface area contributed by atoms with E-state index >= 15 is 0 Å². The molecule has 0 aliphatic rings. The molecule has 0 aliphatic carbocycles. The van der Waals surface area contributed by atoms with Gasteiger partial charge in [0.2, 0.25) is 0 Å². The number of esters is 1. The molecule has 0 unspecified atom stereocenters. The average molecular weight is 572 g/mol. The van der Waals surface area contributed by atoms with Gasteiger partial charge in [-0.25, -0.2) is 9.59 Å². The maximum Gasteiger partial charge on any atom is 0.340 e. The lowest BCUT2D eigenvalue weighted by Gasteiger charge is -2.10. The van der Waals surface area contributed by atoms with Crippen LogP contribution in [-0.2, 0) is 4.74 Å². The predicted molar refractivity (Wildman–Crippen MR) is 87.5 cm³/mol. The van der Waals surface area contributed by atoms with E-state index in [0.29, 0.717) is 16.3 Å². The van der Waals surface area contributed by atoms with Crippen LogP contribution in [-0.4, -0.2) is 23.7 Å². The van der Waals surface area contributed by atoms with Crippen molar-refractivity contribution >= 4 is 79.7 Å².